The fourth-order valence-corrected chi connectivity index (χ4v) is 6.01. The molecule has 1 atom stereocenters. The Morgan fingerprint density at radius 3 is 2.77 bits per heavy atom. The number of fused-ring (bicyclic) bond motifs is 2. The number of para-hydroxylation sites is 1. The van der Waals surface area contributed by atoms with Crippen molar-refractivity contribution in [1.29, 1.82) is 0 Å². The van der Waals surface area contributed by atoms with Crippen LogP contribution in [0.2, 0.25) is 0 Å². The van der Waals surface area contributed by atoms with Gasteiger partial charge in [-0.2, -0.15) is 4.39 Å². The first-order valence-corrected chi connectivity index (χ1v) is 14.0. The molecule has 0 radical (unpaired) electrons. The SMILES string of the molecule is C/C=C/c1cccc2c1OCC[C@]2(C)c1cnc(-c2cc(Oc3c(F)c(F)c4[nH]ccc4c3SC)ccc2F)[nH]1. The third-order valence-electron chi connectivity index (χ3n) is 7.43. The minimum absolute atomic E-state index is 0.0677. The van der Waals surface area contributed by atoms with E-state index in [0.717, 1.165) is 22.6 Å². The van der Waals surface area contributed by atoms with Crippen LogP contribution in [-0.2, 0) is 5.41 Å². The monoisotopic (exact) mass is 561 g/mol. The fraction of sp³-hybridized carbons (Fsp3) is 0.194. The lowest BCUT2D eigenvalue weighted by Gasteiger charge is -2.35. The van der Waals surface area contributed by atoms with Gasteiger partial charge >= 0.3 is 0 Å². The molecule has 9 heteroatoms. The number of hydrogen-bond donors (Lipinski definition) is 2. The molecule has 0 fully saturated rings. The molecule has 1 aliphatic heterocycles. The second-order valence-electron chi connectivity index (χ2n) is 9.80. The van der Waals surface area contributed by atoms with Gasteiger partial charge in [0.25, 0.3) is 0 Å². The smallest absolute Gasteiger partial charge is 0.204 e. The average molecular weight is 562 g/mol. The molecule has 0 unspecified atom stereocenters. The Morgan fingerprint density at radius 1 is 1.12 bits per heavy atom. The van der Waals surface area contributed by atoms with Gasteiger partial charge in [-0.1, -0.05) is 30.4 Å². The number of aromatic nitrogens is 3. The van der Waals surface area contributed by atoms with Gasteiger partial charge in [0.15, 0.2) is 11.6 Å². The molecule has 5 aromatic rings. The molecule has 0 amide bonds. The van der Waals surface area contributed by atoms with E-state index in [0.29, 0.717) is 29.1 Å². The highest BCUT2D eigenvalue weighted by Crippen LogP contribution is 2.46. The van der Waals surface area contributed by atoms with Crippen LogP contribution in [0, 0.1) is 17.5 Å². The second kappa shape index (κ2) is 10.1. The molecule has 2 N–H and O–H groups in total. The lowest BCUT2D eigenvalue weighted by atomic mass is 9.75. The number of hydrogen-bond acceptors (Lipinski definition) is 4. The van der Waals surface area contributed by atoms with Crippen molar-refractivity contribution < 1.29 is 22.6 Å². The molecule has 0 bridgehead atoms. The maximum absolute atomic E-state index is 15.1. The van der Waals surface area contributed by atoms with Gasteiger partial charge in [-0.3, -0.25) is 0 Å². The molecular weight excluding hydrogens is 535 g/mol. The molecule has 0 saturated heterocycles. The summed E-state index contributed by atoms with van der Waals surface area (Å²) in [6.07, 6.45) is 9.68. The Hall–Kier alpha value is -4.11. The van der Waals surface area contributed by atoms with E-state index in [4.69, 9.17) is 9.47 Å². The summed E-state index contributed by atoms with van der Waals surface area (Å²) in [7, 11) is 0. The third kappa shape index (κ3) is 4.16. The maximum Gasteiger partial charge on any atom is 0.204 e. The number of aromatic amines is 2. The van der Waals surface area contributed by atoms with Crippen molar-refractivity contribution in [3.63, 3.8) is 0 Å². The second-order valence-corrected chi connectivity index (χ2v) is 10.6. The quantitative estimate of drug-likeness (QED) is 0.204. The molecule has 1 aliphatic rings. The normalized spacial score (nSPS) is 16.9. The highest BCUT2D eigenvalue weighted by atomic mass is 32.2. The van der Waals surface area contributed by atoms with Crippen molar-refractivity contribution in [1.82, 2.24) is 15.0 Å². The van der Waals surface area contributed by atoms with Gasteiger partial charge < -0.3 is 19.4 Å². The Bertz CT molecular complexity index is 1780. The summed E-state index contributed by atoms with van der Waals surface area (Å²) < 4.78 is 56.8. The summed E-state index contributed by atoms with van der Waals surface area (Å²) in [5, 5.41) is 0.502. The standard InChI is InChI=1S/C31H26F3N3O2S/c1-4-6-17-7-5-8-21-27(17)38-14-12-31(21,2)23-16-36-30(37-23)20-15-18(9-10-22(20)32)39-28-25(34)24(33)26-19(11-13-35-26)29(28)40-3/h4-11,13,15-16,35H,12,14H2,1-3H3,(H,36,37)/b6-4+/t31-/m0/s1. The number of H-pyrrole nitrogens is 2. The molecule has 40 heavy (non-hydrogen) atoms. The molecule has 204 valence electrons. The van der Waals surface area contributed by atoms with Crippen LogP contribution in [0.1, 0.15) is 37.1 Å². The highest BCUT2D eigenvalue weighted by Gasteiger charge is 2.37. The number of halogens is 3. The van der Waals surface area contributed by atoms with E-state index in [9.17, 15) is 4.39 Å². The first kappa shape index (κ1) is 26.1. The largest absolute Gasteiger partial charge is 0.493 e. The molecule has 2 aromatic heterocycles. The third-order valence-corrected chi connectivity index (χ3v) is 8.24. The van der Waals surface area contributed by atoms with Crippen molar-refractivity contribution in [2.45, 2.75) is 30.6 Å². The number of nitrogens with one attached hydrogen (secondary N) is 2. The number of nitrogens with zero attached hydrogens (tertiary/aromatic N) is 1. The first-order valence-electron chi connectivity index (χ1n) is 12.8. The maximum atomic E-state index is 15.1. The summed E-state index contributed by atoms with van der Waals surface area (Å²) in [4.78, 5) is 11.0. The summed E-state index contributed by atoms with van der Waals surface area (Å²) in [5.74, 6) is -1.66. The molecule has 0 saturated carbocycles. The molecule has 0 aliphatic carbocycles. The predicted octanol–water partition coefficient (Wildman–Crippen LogP) is 8.61. The Kier molecular flexibility index (Phi) is 6.62. The van der Waals surface area contributed by atoms with Crippen LogP contribution < -0.4 is 9.47 Å². The minimum atomic E-state index is -1.12. The van der Waals surface area contributed by atoms with E-state index in [2.05, 4.69) is 21.9 Å². The van der Waals surface area contributed by atoms with Gasteiger partial charge in [0.1, 0.15) is 23.1 Å². The molecular formula is C31H26F3N3O2S. The van der Waals surface area contributed by atoms with E-state index in [1.807, 2.05) is 37.3 Å². The van der Waals surface area contributed by atoms with Gasteiger partial charge in [0.05, 0.1) is 22.6 Å². The number of benzene rings is 3. The Labute approximate surface area is 233 Å². The van der Waals surface area contributed by atoms with E-state index in [1.54, 1.807) is 24.7 Å². The van der Waals surface area contributed by atoms with Crippen molar-refractivity contribution in [2.24, 2.45) is 0 Å². The van der Waals surface area contributed by atoms with Crippen LogP contribution in [0.25, 0.3) is 28.4 Å². The Morgan fingerprint density at radius 2 is 1.98 bits per heavy atom. The van der Waals surface area contributed by atoms with E-state index < -0.39 is 22.9 Å². The van der Waals surface area contributed by atoms with Crippen LogP contribution in [-0.4, -0.2) is 27.8 Å². The molecule has 3 aromatic carbocycles. The van der Waals surface area contributed by atoms with Crippen LogP contribution >= 0.6 is 11.8 Å². The Balaban J connectivity index is 1.38. The van der Waals surface area contributed by atoms with Gasteiger partial charge in [0.2, 0.25) is 5.82 Å². The van der Waals surface area contributed by atoms with Gasteiger partial charge in [-0.05, 0) is 50.8 Å². The summed E-state index contributed by atoms with van der Waals surface area (Å²) in [5.41, 5.74) is 2.60. The van der Waals surface area contributed by atoms with Crippen LogP contribution in [0.3, 0.4) is 0 Å². The van der Waals surface area contributed by atoms with E-state index in [1.165, 1.54) is 30.0 Å². The topological polar surface area (TPSA) is 62.9 Å². The number of imidazole rings is 1. The van der Waals surface area contributed by atoms with Crippen LogP contribution in [0.15, 0.2) is 65.8 Å². The summed E-state index contributed by atoms with van der Waals surface area (Å²) >= 11 is 1.23. The van der Waals surface area contributed by atoms with E-state index >= 15 is 8.78 Å². The van der Waals surface area contributed by atoms with Gasteiger partial charge in [-0.15, -0.1) is 11.8 Å². The molecule has 5 nitrogen and oxygen atoms in total. The fourth-order valence-electron chi connectivity index (χ4n) is 5.30. The number of thioether (sulfide) groups is 1. The minimum Gasteiger partial charge on any atom is -0.493 e. The molecule has 6 rings (SSSR count). The first-order chi connectivity index (χ1) is 19.4. The highest BCUT2D eigenvalue weighted by molar-refractivity contribution is 7.99. The van der Waals surface area contributed by atoms with Gasteiger partial charge in [-0.25, -0.2) is 13.8 Å². The number of allylic oxidation sites excluding steroid dienone is 1. The molecule has 3 heterocycles. The van der Waals surface area contributed by atoms with Gasteiger partial charge in [0, 0.05) is 40.0 Å². The average Bonchev–Trinajstić information content (AvgIpc) is 3.65. The zero-order valence-electron chi connectivity index (χ0n) is 22.1. The van der Waals surface area contributed by atoms with Crippen molar-refractivity contribution >= 4 is 28.7 Å². The number of ether oxygens (including phenoxy) is 2. The summed E-state index contributed by atoms with van der Waals surface area (Å²) in [6.45, 7) is 4.59. The predicted molar refractivity (Wildman–Crippen MR) is 152 cm³/mol. The zero-order valence-corrected chi connectivity index (χ0v) is 22.9. The van der Waals surface area contributed by atoms with E-state index in [-0.39, 0.29) is 22.6 Å². The molecule has 0 spiro atoms. The zero-order chi connectivity index (χ0) is 28.0. The van der Waals surface area contributed by atoms with Crippen molar-refractivity contribution in [3.8, 4) is 28.6 Å². The van der Waals surface area contributed by atoms with Crippen LogP contribution in [0.5, 0.6) is 17.2 Å². The number of rotatable bonds is 6. The lowest BCUT2D eigenvalue weighted by molar-refractivity contribution is 0.241. The lowest BCUT2D eigenvalue weighted by Crippen LogP contribution is -2.31. The van der Waals surface area contributed by atoms with Crippen LogP contribution in [0.4, 0.5) is 13.2 Å². The van der Waals surface area contributed by atoms with Crippen molar-refractivity contribution in [3.05, 3.63) is 95.2 Å². The van der Waals surface area contributed by atoms with Crippen molar-refractivity contribution in [2.75, 3.05) is 12.9 Å². The summed E-state index contributed by atoms with van der Waals surface area (Å²) in [6, 6.07) is 11.7.